The van der Waals surface area contributed by atoms with Crippen LogP contribution in [0.3, 0.4) is 0 Å². The molecule has 3 unspecified atom stereocenters. The number of carbonyl (C=O) groups excluding carboxylic acids is 2. The average molecular weight is 451 g/mol. The SMILES string of the molecule is CCCC(NC(=O)C1CCC(NC(=O)OCC2c3ccccc3-c3ccccc32)C1)C(=O)O. The van der Waals surface area contributed by atoms with Crippen LogP contribution in [-0.4, -0.2) is 41.8 Å². The number of hydrogen-bond donors (Lipinski definition) is 3. The fraction of sp³-hybridized carbons (Fsp3) is 0.423. The third-order valence-electron chi connectivity index (χ3n) is 6.66. The molecule has 3 atom stereocenters. The smallest absolute Gasteiger partial charge is 0.407 e. The summed E-state index contributed by atoms with van der Waals surface area (Å²) in [7, 11) is 0. The van der Waals surface area contributed by atoms with Crippen molar-refractivity contribution in [2.75, 3.05) is 6.61 Å². The summed E-state index contributed by atoms with van der Waals surface area (Å²) >= 11 is 0. The molecule has 0 aromatic heterocycles. The van der Waals surface area contributed by atoms with Gasteiger partial charge in [-0.1, -0.05) is 61.9 Å². The van der Waals surface area contributed by atoms with Crippen LogP contribution in [0.25, 0.3) is 11.1 Å². The molecule has 33 heavy (non-hydrogen) atoms. The van der Waals surface area contributed by atoms with E-state index in [-0.39, 0.29) is 30.4 Å². The van der Waals surface area contributed by atoms with Crippen molar-refractivity contribution in [3.8, 4) is 11.1 Å². The number of carbonyl (C=O) groups is 3. The molecule has 2 aromatic carbocycles. The van der Waals surface area contributed by atoms with E-state index >= 15 is 0 Å². The number of rotatable bonds is 8. The predicted molar refractivity (Wildman–Crippen MR) is 124 cm³/mol. The van der Waals surface area contributed by atoms with Gasteiger partial charge < -0.3 is 20.5 Å². The third-order valence-corrected chi connectivity index (χ3v) is 6.66. The van der Waals surface area contributed by atoms with Gasteiger partial charge in [0, 0.05) is 17.9 Å². The van der Waals surface area contributed by atoms with Crippen molar-refractivity contribution in [1.82, 2.24) is 10.6 Å². The monoisotopic (exact) mass is 450 g/mol. The van der Waals surface area contributed by atoms with Crippen LogP contribution >= 0.6 is 0 Å². The van der Waals surface area contributed by atoms with E-state index in [4.69, 9.17) is 4.74 Å². The van der Waals surface area contributed by atoms with E-state index < -0.39 is 18.1 Å². The Balaban J connectivity index is 1.29. The van der Waals surface area contributed by atoms with Crippen LogP contribution in [-0.2, 0) is 14.3 Å². The second-order valence-electron chi connectivity index (χ2n) is 8.86. The zero-order chi connectivity index (χ0) is 23.4. The Bertz CT molecular complexity index is 991. The molecule has 2 aromatic rings. The van der Waals surface area contributed by atoms with Crippen LogP contribution < -0.4 is 10.6 Å². The van der Waals surface area contributed by atoms with Crippen molar-refractivity contribution in [3.05, 3.63) is 59.7 Å². The van der Waals surface area contributed by atoms with Crippen molar-refractivity contribution in [1.29, 1.82) is 0 Å². The highest BCUT2D eigenvalue weighted by atomic mass is 16.5. The Hall–Kier alpha value is -3.35. The minimum Gasteiger partial charge on any atom is -0.480 e. The molecule has 1 saturated carbocycles. The van der Waals surface area contributed by atoms with E-state index in [1.165, 1.54) is 11.1 Å². The van der Waals surface area contributed by atoms with E-state index in [0.29, 0.717) is 32.1 Å². The molecule has 0 bridgehead atoms. The lowest BCUT2D eigenvalue weighted by molar-refractivity contribution is -0.142. The number of hydrogen-bond acceptors (Lipinski definition) is 4. The van der Waals surface area contributed by atoms with Crippen molar-refractivity contribution < 1.29 is 24.2 Å². The Morgan fingerprint density at radius 3 is 2.27 bits per heavy atom. The standard InChI is InChI=1S/C26H30N2O5/c1-2-7-23(25(30)31)28-24(29)16-12-13-17(14-16)27-26(32)33-15-22-20-10-5-3-8-18(20)19-9-4-6-11-21(19)22/h3-6,8-11,16-17,22-23H,2,7,12-15H2,1H3,(H,27,32)(H,28,29)(H,30,31). The maximum Gasteiger partial charge on any atom is 0.407 e. The zero-order valence-corrected chi connectivity index (χ0v) is 18.8. The molecule has 0 saturated heterocycles. The molecule has 0 radical (unpaired) electrons. The lowest BCUT2D eigenvalue weighted by Gasteiger charge is -2.18. The van der Waals surface area contributed by atoms with E-state index in [0.717, 1.165) is 11.1 Å². The van der Waals surface area contributed by atoms with Crippen molar-refractivity contribution in [2.24, 2.45) is 5.92 Å². The van der Waals surface area contributed by atoms with Gasteiger partial charge in [0.15, 0.2) is 0 Å². The van der Waals surface area contributed by atoms with Gasteiger partial charge in [-0.2, -0.15) is 0 Å². The Morgan fingerprint density at radius 1 is 1.03 bits per heavy atom. The quantitative estimate of drug-likeness (QED) is 0.563. The van der Waals surface area contributed by atoms with E-state index in [1.807, 2.05) is 31.2 Å². The molecule has 2 aliphatic rings. The predicted octanol–water partition coefficient (Wildman–Crippen LogP) is 4.06. The lowest BCUT2D eigenvalue weighted by Crippen LogP contribution is -2.43. The molecule has 4 rings (SSSR count). The first-order valence-electron chi connectivity index (χ1n) is 11.6. The summed E-state index contributed by atoms with van der Waals surface area (Å²) in [6.45, 7) is 2.12. The van der Waals surface area contributed by atoms with Crippen LogP contribution in [0, 0.1) is 5.92 Å². The van der Waals surface area contributed by atoms with Gasteiger partial charge in [-0.3, -0.25) is 4.79 Å². The largest absolute Gasteiger partial charge is 0.480 e. The van der Waals surface area contributed by atoms with Crippen LogP contribution in [0.5, 0.6) is 0 Å². The molecule has 0 aliphatic heterocycles. The van der Waals surface area contributed by atoms with Gasteiger partial charge in [0.2, 0.25) is 5.91 Å². The van der Waals surface area contributed by atoms with E-state index in [1.54, 1.807) is 0 Å². The van der Waals surface area contributed by atoms with Gasteiger partial charge in [-0.25, -0.2) is 9.59 Å². The highest BCUT2D eigenvalue weighted by molar-refractivity contribution is 5.85. The van der Waals surface area contributed by atoms with Gasteiger partial charge in [-0.05, 0) is 47.9 Å². The number of benzene rings is 2. The number of fused-ring (bicyclic) bond motifs is 3. The fourth-order valence-electron chi connectivity index (χ4n) is 4.99. The van der Waals surface area contributed by atoms with Gasteiger partial charge in [0.05, 0.1) is 0 Å². The maximum absolute atomic E-state index is 12.5. The van der Waals surface area contributed by atoms with Crippen LogP contribution in [0.4, 0.5) is 4.79 Å². The number of carboxylic acid groups (broad SMARTS) is 1. The Labute approximate surface area is 193 Å². The summed E-state index contributed by atoms with van der Waals surface area (Å²) in [5, 5.41) is 14.8. The third kappa shape index (κ3) is 5.02. The molecule has 2 amide bonds. The van der Waals surface area contributed by atoms with Crippen molar-refractivity contribution in [2.45, 2.75) is 57.0 Å². The van der Waals surface area contributed by atoms with Gasteiger partial charge in [0.1, 0.15) is 12.6 Å². The number of carboxylic acids is 1. The zero-order valence-electron chi connectivity index (χ0n) is 18.8. The van der Waals surface area contributed by atoms with E-state index in [2.05, 4.69) is 34.9 Å². The molecule has 0 heterocycles. The molecule has 3 N–H and O–H groups in total. The second-order valence-corrected chi connectivity index (χ2v) is 8.86. The molecule has 7 nitrogen and oxygen atoms in total. The fourth-order valence-corrected chi connectivity index (χ4v) is 4.99. The van der Waals surface area contributed by atoms with Gasteiger partial charge >= 0.3 is 12.1 Å². The number of ether oxygens (including phenoxy) is 1. The first-order chi connectivity index (χ1) is 16.0. The normalized spacial score (nSPS) is 19.9. The summed E-state index contributed by atoms with van der Waals surface area (Å²) in [5.41, 5.74) is 4.66. The maximum atomic E-state index is 12.5. The molecule has 174 valence electrons. The first kappa shape index (κ1) is 22.8. The van der Waals surface area contributed by atoms with E-state index in [9.17, 15) is 19.5 Å². The molecular formula is C26H30N2O5. The molecule has 1 fully saturated rings. The summed E-state index contributed by atoms with van der Waals surface area (Å²) in [4.78, 5) is 36.3. The highest BCUT2D eigenvalue weighted by Crippen LogP contribution is 2.44. The number of nitrogens with one attached hydrogen (secondary N) is 2. The Kier molecular flexibility index (Phi) is 6.96. The van der Waals surface area contributed by atoms with Gasteiger partial charge in [-0.15, -0.1) is 0 Å². The molecule has 2 aliphatic carbocycles. The summed E-state index contributed by atoms with van der Waals surface area (Å²) in [6, 6.07) is 15.3. The van der Waals surface area contributed by atoms with Crippen molar-refractivity contribution in [3.63, 3.8) is 0 Å². The molecular weight excluding hydrogens is 420 g/mol. The summed E-state index contributed by atoms with van der Waals surface area (Å²) < 4.78 is 5.60. The minimum atomic E-state index is -1.02. The highest BCUT2D eigenvalue weighted by Gasteiger charge is 2.34. The van der Waals surface area contributed by atoms with Crippen LogP contribution in [0.2, 0.25) is 0 Å². The number of amides is 2. The van der Waals surface area contributed by atoms with Crippen molar-refractivity contribution >= 4 is 18.0 Å². The number of alkyl carbamates (subject to hydrolysis) is 1. The van der Waals surface area contributed by atoms with Crippen LogP contribution in [0.15, 0.2) is 48.5 Å². The second kappa shape index (κ2) is 10.1. The summed E-state index contributed by atoms with van der Waals surface area (Å²) in [6.07, 6.45) is 2.33. The number of aliphatic carboxylic acids is 1. The summed E-state index contributed by atoms with van der Waals surface area (Å²) in [5.74, 6) is -1.58. The topological polar surface area (TPSA) is 105 Å². The minimum absolute atomic E-state index is 0.00299. The average Bonchev–Trinajstić information content (AvgIpc) is 3.40. The molecule has 0 spiro atoms. The molecule has 7 heteroatoms. The Morgan fingerprint density at radius 2 is 1.67 bits per heavy atom. The van der Waals surface area contributed by atoms with Gasteiger partial charge in [0.25, 0.3) is 0 Å². The first-order valence-corrected chi connectivity index (χ1v) is 11.6. The lowest BCUT2D eigenvalue weighted by atomic mass is 9.98. The van der Waals surface area contributed by atoms with Crippen LogP contribution in [0.1, 0.15) is 56.1 Å².